The molecule has 82 valence electrons. The molecule has 4 heteroatoms. The monoisotopic (exact) mass is 207 g/mol. The Hall–Kier alpha value is -1.16. The lowest BCUT2D eigenvalue weighted by Gasteiger charge is -2.19. The van der Waals surface area contributed by atoms with Gasteiger partial charge in [-0.05, 0) is 33.4 Å². The van der Waals surface area contributed by atoms with Crippen molar-refractivity contribution in [2.45, 2.75) is 25.8 Å². The third kappa shape index (κ3) is 2.45. The van der Waals surface area contributed by atoms with Crippen LogP contribution in [0.1, 0.15) is 18.5 Å². The number of aryl methyl sites for hydroxylation is 1. The second-order valence-corrected chi connectivity index (χ2v) is 4.03. The van der Waals surface area contributed by atoms with Gasteiger partial charge in [0.25, 0.3) is 0 Å². The molecular weight excluding hydrogens is 190 g/mol. The molecule has 0 spiro atoms. The Morgan fingerprint density at radius 2 is 2.27 bits per heavy atom. The first-order chi connectivity index (χ1) is 7.27. The minimum absolute atomic E-state index is 0.534. The topological polar surface area (TPSA) is 38.3 Å². The molecule has 4 nitrogen and oxygen atoms in total. The molecule has 1 aromatic heterocycles. The van der Waals surface area contributed by atoms with E-state index in [1.54, 1.807) is 12.4 Å². The van der Waals surface area contributed by atoms with Gasteiger partial charge in [-0.25, -0.2) is 4.98 Å². The van der Waals surface area contributed by atoms with E-state index < -0.39 is 0 Å². The van der Waals surface area contributed by atoms with Crippen LogP contribution in [0.4, 0.5) is 0 Å². The molecule has 1 unspecified atom stereocenters. The van der Waals surface area contributed by atoms with Gasteiger partial charge in [0, 0.05) is 18.4 Å². The summed E-state index contributed by atoms with van der Waals surface area (Å²) in [6.45, 7) is 3.81. The van der Waals surface area contributed by atoms with E-state index >= 15 is 0 Å². The molecule has 2 rings (SSSR count). The van der Waals surface area contributed by atoms with Gasteiger partial charge in [-0.3, -0.25) is 4.98 Å². The summed E-state index contributed by atoms with van der Waals surface area (Å²) in [6.07, 6.45) is 5.84. The Labute approximate surface area is 90.3 Å². The summed E-state index contributed by atoms with van der Waals surface area (Å²) >= 11 is 0. The number of likely N-dealkylation sites (N-methyl/N-ethyl adjacent to an activating group) is 1. The minimum atomic E-state index is 0.534. The summed E-state index contributed by atoms with van der Waals surface area (Å²) < 4.78 is 5.68. The van der Waals surface area contributed by atoms with Crippen LogP contribution in [0.2, 0.25) is 0 Å². The third-order valence-corrected chi connectivity index (χ3v) is 2.92. The smallest absolute Gasteiger partial charge is 0.235 e. The predicted molar refractivity (Wildman–Crippen MR) is 57.9 cm³/mol. The molecule has 0 radical (unpaired) electrons. The zero-order chi connectivity index (χ0) is 10.7. The van der Waals surface area contributed by atoms with Gasteiger partial charge in [-0.1, -0.05) is 0 Å². The van der Waals surface area contributed by atoms with Crippen LogP contribution in [0.15, 0.2) is 12.4 Å². The summed E-state index contributed by atoms with van der Waals surface area (Å²) in [5, 5.41) is 0. The number of ether oxygens (including phenoxy) is 1. The highest BCUT2D eigenvalue weighted by molar-refractivity contribution is 5.14. The number of aromatic nitrogens is 2. The van der Waals surface area contributed by atoms with Gasteiger partial charge < -0.3 is 9.64 Å². The molecule has 1 atom stereocenters. The molecule has 1 aromatic rings. The van der Waals surface area contributed by atoms with Crippen molar-refractivity contribution in [2.24, 2.45) is 0 Å². The van der Waals surface area contributed by atoms with Gasteiger partial charge in [0.05, 0.1) is 5.69 Å². The maximum atomic E-state index is 5.68. The normalized spacial score (nSPS) is 21.9. The van der Waals surface area contributed by atoms with Crippen LogP contribution in [0.25, 0.3) is 0 Å². The fourth-order valence-corrected chi connectivity index (χ4v) is 1.90. The van der Waals surface area contributed by atoms with Crippen molar-refractivity contribution in [3.8, 4) is 5.88 Å². The fraction of sp³-hybridized carbons (Fsp3) is 0.636. The standard InChI is InChI=1S/C11H17N3O/c1-9-11(13-6-5-12-9)15-8-10-4-3-7-14(10)2/h5-6,10H,3-4,7-8H2,1-2H3. The molecule has 15 heavy (non-hydrogen) atoms. The average Bonchev–Trinajstić information content (AvgIpc) is 2.63. The number of hydrogen-bond donors (Lipinski definition) is 0. The molecule has 0 aliphatic carbocycles. The van der Waals surface area contributed by atoms with E-state index in [2.05, 4.69) is 21.9 Å². The number of hydrogen-bond acceptors (Lipinski definition) is 4. The SMILES string of the molecule is Cc1nccnc1OCC1CCCN1C. The van der Waals surface area contributed by atoms with Crippen LogP contribution >= 0.6 is 0 Å². The van der Waals surface area contributed by atoms with Crippen molar-refractivity contribution in [3.63, 3.8) is 0 Å². The second kappa shape index (κ2) is 4.57. The van der Waals surface area contributed by atoms with Gasteiger partial charge in [0.1, 0.15) is 6.61 Å². The molecule has 0 bridgehead atoms. The van der Waals surface area contributed by atoms with Crippen molar-refractivity contribution < 1.29 is 4.74 Å². The van der Waals surface area contributed by atoms with E-state index in [1.807, 2.05) is 6.92 Å². The van der Waals surface area contributed by atoms with Crippen LogP contribution in [0.3, 0.4) is 0 Å². The maximum absolute atomic E-state index is 5.68. The second-order valence-electron chi connectivity index (χ2n) is 4.03. The molecule has 1 saturated heterocycles. The highest BCUT2D eigenvalue weighted by Crippen LogP contribution is 2.17. The predicted octanol–water partition coefficient (Wildman–Crippen LogP) is 1.26. The van der Waals surface area contributed by atoms with E-state index in [0.29, 0.717) is 11.9 Å². The van der Waals surface area contributed by atoms with Crippen molar-refractivity contribution >= 4 is 0 Å². The first-order valence-electron chi connectivity index (χ1n) is 5.38. The van der Waals surface area contributed by atoms with E-state index in [-0.39, 0.29) is 0 Å². The van der Waals surface area contributed by atoms with Crippen LogP contribution in [0.5, 0.6) is 5.88 Å². The zero-order valence-corrected chi connectivity index (χ0v) is 9.31. The number of nitrogens with zero attached hydrogens (tertiary/aromatic N) is 3. The van der Waals surface area contributed by atoms with E-state index in [9.17, 15) is 0 Å². The van der Waals surface area contributed by atoms with Crippen molar-refractivity contribution in [2.75, 3.05) is 20.2 Å². The molecule has 0 aromatic carbocycles. The molecule has 2 heterocycles. The number of likely N-dealkylation sites (tertiary alicyclic amines) is 1. The third-order valence-electron chi connectivity index (χ3n) is 2.92. The average molecular weight is 207 g/mol. The minimum Gasteiger partial charge on any atom is -0.475 e. The lowest BCUT2D eigenvalue weighted by molar-refractivity contribution is 0.192. The van der Waals surface area contributed by atoms with E-state index in [4.69, 9.17) is 4.74 Å². The molecule has 1 aliphatic rings. The van der Waals surface area contributed by atoms with Crippen LogP contribution in [0, 0.1) is 6.92 Å². The summed E-state index contributed by atoms with van der Waals surface area (Å²) in [7, 11) is 2.14. The van der Waals surface area contributed by atoms with Gasteiger partial charge in [-0.15, -0.1) is 0 Å². The van der Waals surface area contributed by atoms with Crippen molar-refractivity contribution in [1.29, 1.82) is 0 Å². The largest absolute Gasteiger partial charge is 0.475 e. The lowest BCUT2D eigenvalue weighted by atomic mass is 10.2. The van der Waals surface area contributed by atoms with Crippen molar-refractivity contribution in [1.82, 2.24) is 14.9 Å². The highest BCUT2D eigenvalue weighted by atomic mass is 16.5. The summed E-state index contributed by atoms with van der Waals surface area (Å²) in [6, 6.07) is 0.534. The van der Waals surface area contributed by atoms with Crippen LogP contribution in [-0.2, 0) is 0 Å². The molecule has 1 fully saturated rings. The maximum Gasteiger partial charge on any atom is 0.235 e. The highest BCUT2D eigenvalue weighted by Gasteiger charge is 2.21. The van der Waals surface area contributed by atoms with Gasteiger partial charge >= 0.3 is 0 Å². The zero-order valence-electron chi connectivity index (χ0n) is 9.31. The molecule has 0 N–H and O–H groups in total. The summed E-state index contributed by atoms with van der Waals surface area (Å²) in [4.78, 5) is 10.6. The molecule has 0 saturated carbocycles. The fourth-order valence-electron chi connectivity index (χ4n) is 1.90. The van der Waals surface area contributed by atoms with E-state index in [1.165, 1.54) is 19.4 Å². The molecule has 1 aliphatic heterocycles. The first-order valence-corrected chi connectivity index (χ1v) is 5.38. The van der Waals surface area contributed by atoms with Crippen LogP contribution < -0.4 is 4.74 Å². The summed E-state index contributed by atoms with van der Waals surface area (Å²) in [5.41, 5.74) is 0.859. The Kier molecular flexibility index (Phi) is 3.16. The number of rotatable bonds is 3. The Morgan fingerprint density at radius 1 is 1.47 bits per heavy atom. The van der Waals surface area contributed by atoms with Gasteiger partial charge in [-0.2, -0.15) is 0 Å². The Bertz CT molecular complexity index is 329. The quantitative estimate of drug-likeness (QED) is 0.748. The van der Waals surface area contributed by atoms with Crippen molar-refractivity contribution in [3.05, 3.63) is 18.1 Å². The Morgan fingerprint density at radius 3 is 2.93 bits per heavy atom. The van der Waals surface area contributed by atoms with Gasteiger partial charge in [0.15, 0.2) is 0 Å². The lowest BCUT2D eigenvalue weighted by Crippen LogP contribution is -2.30. The molecule has 0 amide bonds. The van der Waals surface area contributed by atoms with E-state index in [0.717, 1.165) is 12.3 Å². The van der Waals surface area contributed by atoms with Gasteiger partial charge in [0.2, 0.25) is 5.88 Å². The molecular formula is C11H17N3O. The summed E-state index contributed by atoms with van der Waals surface area (Å²) in [5.74, 6) is 0.665. The first kappa shape index (κ1) is 10.4. The van der Waals surface area contributed by atoms with Crippen LogP contribution in [-0.4, -0.2) is 41.1 Å². The Balaban J connectivity index is 1.90.